The summed E-state index contributed by atoms with van der Waals surface area (Å²) in [6.45, 7) is 5.72. The molecule has 0 spiro atoms. The van der Waals surface area contributed by atoms with Crippen molar-refractivity contribution in [2.45, 2.75) is 39.3 Å². The fourth-order valence-electron chi connectivity index (χ4n) is 2.56. The summed E-state index contributed by atoms with van der Waals surface area (Å²) in [5.41, 5.74) is 0.979. The molecule has 2 heterocycles. The van der Waals surface area contributed by atoms with Gasteiger partial charge in [0.2, 0.25) is 5.91 Å². The molecule has 1 aromatic heterocycles. The van der Waals surface area contributed by atoms with Gasteiger partial charge >= 0.3 is 0 Å². The monoisotopic (exact) mass is 262 g/mol. The smallest absolute Gasteiger partial charge is 0.240 e. The van der Waals surface area contributed by atoms with Crippen LogP contribution < -0.4 is 5.32 Å². The molecule has 0 aliphatic carbocycles. The SMILES string of the molecule is CNC1CCC(C)(C)CN(Cc2cnccn2)C1=O. The van der Waals surface area contributed by atoms with Gasteiger partial charge in [0.15, 0.2) is 0 Å². The zero-order valence-electron chi connectivity index (χ0n) is 11.9. The van der Waals surface area contributed by atoms with Crippen LogP contribution in [0.1, 0.15) is 32.4 Å². The number of likely N-dealkylation sites (N-methyl/N-ethyl adjacent to an activating group) is 1. The van der Waals surface area contributed by atoms with Crippen LogP contribution in [0.25, 0.3) is 0 Å². The number of nitrogens with one attached hydrogen (secondary N) is 1. The lowest BCUT2D eigenvalue weighted by atomic mass is 9.87. The number of likely N-dealkylation sites (tertiary alicyclic amines) is 1. The van der Waals surface area contributed by atoms with Gasteiger partial charge in [0.25, 0.3) is 0 Å². The highest BCUT2D eigenvalue weighted by Gasteiger charge is 2.34. The van der Waals surface area contributed by atoms with Gasteiger partial charge in [-0.15, -0.1) is 0 Å². The highest BCUT2D eigenvalue weighted by atomic mass is 16.2. The lowest BCUT2D eigenvalue weighted by Gasteiger charge is -2.29. The number of aromatic nitrogens is 2. The number of hydrogen-bond donors (Lipinski definition) is 1. The average molecular weight is 262 g/mol. The summed E-state index contributed by atoms with van der Waals surface area (Å²) in [5.74, 6) is 0.165. The highest BCUT2D eigenvalue weighted by molar-refractivity contribution is 5.82. The van der Waals surface area contributed by atoms with Gasteiger partial charge in [-0.25, -0.2) is 0 Å². The van der Waals surface area contributed by atoms with Crippen LogP contribution in [-0.2, 0) is 11.3 Å². The molecule has 2 rings (SSSR count). The van der Waals surface area contributed by atoms with Crippen molar-refractivity contribution in [3.05, 3.63) is 24.3 Å². The molecule has 1 unspecified atom stereocenters. The van der Waals surface area contributed by atoms with E-state index >= 15 is 0 Å². The maximum absolute atomic E-state index is 12.5. The van der Waals surface area contributed by atoms with Crippen LogP contribution in [0.2, 0.25) is 0 Å². The summed E-state index contributed by atoms with van der Waals surface area (Å²) in [7, 11) is 1.85. The summed E-state index contributed by atoms with van der Waals surface area (Å²) in [6, 6.07) is -0.0848. The minimum absolute atomic E-state index is 0.0848. The molecule has 1 fully saturated rings. The van der Waals surface area contributed by atoms with Gasteiger partial charge in [-0.2, -0.15) is 0 Å². The third kappa shape index (κ3) is 3.50. The van der Waals surface area contributed by atoms with Crippen molar-refractivity contribution in [1.29, 1.82) is 0 Å². The molecule has 0 saturated carbocycles. The van der Waals surface area contributed by atoms with Crippen LogP contribution in [0.4, 0.5) is 0 Å². The molecule has 1 atom stereocenters. The Morgan fingerprint density at radius 3 is 2.89 bits per heavy atom. The Morgan fingerprint density at radius 1 is 1.47 bits per heavy atom. The average Bonchev–Trinajstić information content (AvgIpc) is 2.49. The number of carbonyl (C=O) groups is 1. The van der Waals surface area contributed by atoms with E-state index in [-0.39, 0.29) is 17.4 Å². The van der Waals surface area contributed by atoms with Crippen molar-refractivity contribution in [2.75, 3.05) is 13.6 Å². The van der Waals surface area contributed by atoms with Crippen LogP contribution in [-0.4, -0.2) is 40.4 Å². The first-order chi connectivity index (χ1) is 9.02. The largest absolute Gasteiger partial charge is 0.335 e. The first kappa shape index (κ1) is 13.9. The fourth-order valence-corrected chi connectivity index (χ4v) is 2.56. The number of rotatable bonds is 3. The van der Waals surface area contributed by atoms with Gasteiger partial charge in [-0.1, -0.05) is 13.8 Å². The molecule has 5 nitrogen and oxygen atoms in total. The molecule has 0 radical (unpaired) electrons. The molecular weight excluding hydrogens is 240 g/mol. The molecule has 1 amide bonds. The third-order valence-electron chi connectivity index (χ3n) is 3.66. The van der Waals surface area contributed by atoms with E-state index in [4.69, 9.17) is 0 Å². The van der Waals surface area contributed by atoms with E-state index in [2.05, 4.69) is 29.1 Å². The van der Waals surface area contributed by atoms with Crippen LogP contribution >= 0.6 is 0 Å². The van der Waals surface area contributed by atoms with Crippen LogP contribution in [0, 0.1) is 5.41 Å². The van der Waals surface area contributed by atoms with Crippen molar-refractivity contribution in [1.82, 2.24) is 20.2 Å². The topological polar surface area (TPSA) is 58.1 Å². The van der Waals surface area contributed by atoms with Gasteiger partial charge in [0, 0.05) is 18.9 Å². The maximum Gasteiger partial charge on any atom is 0.240 e. The van der Waals surface area contributed by atoms with Crippen molar-refractivity contribution in [3.63, 3.8) is 0 Å². The van der Waals surface area contributed by atoms with Crippen molar-refractivity contribution in [2.24, 2.45) is 5.41 Å². The van der Waals surface area contributed by atoms with E-state index in [0.29, 0.717) is 6.54 Å². The normalized spacial score (nSPS) is 23.2. The summed E-state index contributed by atoms with van der Waals surface area (Å²) in [5, 5.41) is 3.12. The summed E-state index contributed by atoms with van der Waals surface area (Å²) in [4.78, 5) is 22.7. The zero-order valence-corrected chi connectivity index (χ0v) is 11.9. The lowest BCUT2D eigenvalue weighted by Crippen LogP contribution is -2.44. The second kappa shape index (κ2) is 5.65. The molecule has 1 aromatic rings. The Hall–Kier alpha value is -1.49. The second-order valence-corrected chi connectivity index (χ2v) is 5.94. The predicted octanol–water partition coefficient (Wildman–Crippen LogP) is 1.21. The number of amides is 1. The number of nitrogens with zero attached hydrogens (tertiary/aromatic N) is 3. The molecule has 0 aromatic carbocycles. The molecule has 1 aliphatic heterocycles. The molecule has 1 saturated heterocycles. The standard InChI is InChI=1S/C14H22N4O/c1-14(2)5-4-12(15-3)13(19)18(10-14)9-11-8-16-6-7-17-11/h6-8,12,15H,4-5,9-10H2,1-3H3. The van der Waals surface area contributed by atoms with Gasteiger partial charge in [-0.05, 0) is 25.3 Å². The zero-order chi connectivity index (χ0) is 13.9. The molecule has 104 valence electrons. The Kier molecular flexibility index (Phi) is 4.14. The van der Waals surface area contributed by atoms with Gasteiger partial charge in [-0.3, -0.25) is 14.8 Å². The Morgan fingerprint density at radius 2 is 2.26 bits per heavy atom. The molecule has 0 bridgehead atoms. The first-order valence-electron chi connectivity index (χ1n) is 6.73. The summed E-state index contributed by atoms with van der Waals surface area (Å²) >= 11 is 0. The summed E-state index contributed by atoms with van der Waals surface area (Å²) < 4.78 is 0. The lowest BCUT2D eigenvalue weighted by molar-refractivity contribution is -0.134. The molecule has 19 heavy (non-hydrogen) atoms. The van der Waals surface area contributed by atoms with E-state index in [1.54, 1.807) is 18.6 Å². The van der Waals surface area contributed by atoms with E-state index in [9.17, 15) is 4.79 Å². The quantitative estimate of drug-likeness (QED) is 0.889. The van der Waals surface area contributed by atoms with Crippen LogP contribution in [0.3, 0.4) is 0 Å². The Bertz CT molecular complexity index is 432. The molecule has 5 heteroatoms. The van der Waals surface area contributed by atoms with Gasteiger partial charge < -0.3 is 10.2 Å². The van der Waals surface area contributed by atoms with Gasteiger partial charge in [0.1, 0.15) is 0 Å². The predicted molar refractivity (Wildman–Crippen MR) is 73.3 cm³/mol. The van der Waals surface area contributed by atoms with Gasteiger partial charge in [0.05, 0.1) is 24.5 Å². The number of carbonyl (C=O) groups excluding carboxylic acids is 1. The van der Waals surface area contributed by atoms with E-state index in [1.807, 2.05) is 11.9 Å². The maximum atomic E-state index is 12.5. The molecule has 1 N–H and O–H groups in total. The minimum atomic E-state index is -0.0848. The molecule has 1 aliphatic rings. The van der Waals surface area contributed by atoms with Crippen LogP contribution in [0.15, 0.2) is 18.6 Å². The van der Waals surface area contributed by atoms with E-state index < -0.39 is 0 Å². The third-order valence-corrected chi connectivity index (χ3v) is 3.66. The van der Waals surface area contributed by atoms with Crippen LogP contribution in [0.5, 0.6) is 0 Å². The highest BCUT2D eigenvalue weighted by Crippen LogP contribution is 2.29. The van der Waals surface area contributed by atoms with Crippen molar-refractivity contribution >= 4 is 5.91 Å². The summed E-state index contributed by atoms with van der Waals surface area (Å²) in [6.07, 6.45) is 6.96. The first-order valence-corrected chi connectivity index (χ1v) is 6.73. The fraction of sp³-hybridized carbons (Fsp3) is 0.643. The Labute approximate surface area is 114 Å². The minimum Gasteiger partial charge on any atom is -0.335 e. The second-order valence-electron chi connectivity index (χ2n) is 5.94. The van der Waals surface area contributed by atoms with Crippen molar-refractivity contribution in [3.8, 4) is 0 Å². The van der Waals surface area contributed by atoms with E-state index in [1.165, 1.54) is 0 Å². The Balaban J connectivity index is 2.17. The van der Waals surface area contributed by atoms with Crippen molar-refractivity contribution < 1.29 is 4.79 Å². The number of hydrogen-bond acceptors (Lipinski definition) is 4. The molecular formula is C14H22N4O. The van der Waals surface area contributed by atoms with E-state index in [0.717, 1.165) is 25.1 Å².